The van der Waals surface area contributed by atoms with E-state index in [0.29, 0.717) is 17.1 Å². The lowest BCUT2D eigenvalue weighted by Gasteiger charge is -2.07. The first-order chi connectivity index (χ1) is 8.37. The van der Waals surface area contributed by atoms with Crippen molar-refractivity contribution in [3.8, 4) is 5.75 Å². The van der Waals surface area contributed by atoms with Gasteiger partial charge in [-0.05, 0) is 39.3 Å². The van der Waals surface area contributed by atoms with Gasteiger partial charge in [-0.15, -0.1) is 0 Å². The van der Waals surface area contributed by atoms with Crippen LogP contribution in [0.15, 0.2) is 21.4 Å². The van der Waals surface area contributed by atoms with Crippen LogP contribution in [-0.4, -0.2) is 18.8 Å². The summed E-state index contributed by atoms with van der Waals surface area (Å²) in [6.07, 6.45) is 2.18. The van der Waals surface area contributed by atoms with Crippen molar-refractivity contribution >= 4 is 5.57 Å². The Morgan fingerprint density at radius 1 is 1.56 bits per heavy atom. The summed E-state index contributed by atoms with van der Waals surface area (Å²) in [7, 11) is 1.54. The zero-order valence-corrected chi connectivity index (χ0v) is 11.4. The van der Waals surface area contributed by atoms with Gasteiger partial charge in [0, 0.05) is 6.07 Å². The van der Waals surface area contributed by atoms with Crippen molar-refractivity contribution in [1.82, 2.24) is 0 Å². The van der Waals surface area contributed by atoms with Gasteiger partial charge in [0.2, 0.25) is 0 Å². The summed E-state index contributed by atoms with van der Waals surface area (Å²) in [5.74, 6) is 1.07. The zero-order valence-electron chi connectivity index (χ0n) is 11.4. The van der Waals surface area contributed by atoms with E-state index in [1.807, 2.05) is 26.8 Å². The lowest BCUT2D eigenvalue weighted by molar-refractivity contribution is 0.349. The largest absolute Gasteiger partial charge is 0.496 e. The third-order valence-electron chi connectivity index (χ3n) is 3.43. The maximum absolute atomic E-state index is 11.7. The molecule has 98 valence electrons. The summed E-state index contributed by atoms with van der Waals surface area (Å²) in [5.41, 5.74) is 0.737. The minimum Gasteiger partial charge on any atom is -0.496 e. The molecule has 0 radical (unpaired) electrons. The van der Waals surface area contributed by atoms with Crippen LogP contribution in [-0.2, 0) is 4.74 Å². The summed E-state index contributed by atoms with van der Waals surface area (Å²) in [5, 5.41) is 0. The molecule has 18 heavy (non-hydrogen) atoms. The van der Waals surface area contributed by atoms with Crippen LogP contribution < -0.4 is 10.4 Å². The van der Waals surface area contributed by atoms with Gasteiger partial charge in [0.1, 0.15) is 17.1 Å². The highest BCUT2D eigenvalue weighted by molar-refractivity contribution is 5.62. The number of allylic oxidation sites excluding steroid dienone is 1. The molecular weight excluding hydrogens is 232 g/mol. The minimum absolute atomic E-state index is 0.200. The smallest absolute Gasteiger partial charge is 0.342 e. The van der Waals surface area contributed by atoms with Gasteiger partial charge in [-0.2, -0.15) is 0 Å². The highest BCUT2D eigenvalue weighted by Crippen LogP contribution is 2.39. The van der Waals surface area contributed by atoms with E-state index in [1.54, 1.807) is 13.0 Å². The van der Waals surface area contributed by atoms with Crippen LogP contribution in [0.4, 0.5) is 0 Å². The summed E-state index contributed by atoms with van der Waals surface area (Å²) < 4.78 is 15.9. The summed E-state index contributed by atoms with van der Waals surface area (Å²) in [6.45, 7) is 7.59. The normalized spacial score (nSPS) is 27.2. The Balaban J connectivity index is 2.40. The Kier molecular flexibility index (Phi) is 3.07. The average molecular weight is 250 g/mol. The number of rotatable bonds is 3. The molecule has 4 nitrogen and oxygen atoms in total. The molecule has 1 aliphatic heterocycles. The van der Waals surface area contributed by atoms with Crippen LogP contribution in [0.3, 0.4) is 0 Å². The molecule has 4 heteroatoms. The van der Waals surface area contributed by atoms with Crippen molar-refractivity contribution < 1.29 is 13.9 Å². The highest BCUT2D eigenvalue weighted by atomic mass is 16.6. The molecule has 2 heterocycles. The first-order valence-electron chi connectivity index (χ1n) is 5.94. The van der Waals surface area contributed by atoms with Crippen LogP contribution in [0.2, 0.25) is 0 Å². The third kappa shape index (κ3) is 2.20. The maximum Gasteiger partial charge on any atom is 0.342 e. The Morgan fingerprint density at radius 2 is 2.17 bits per heavy atom. The standard InChI is InChI=1S/C14H18O4/c1-8(7-14(4)10(3)18-14)11-6-12(16-5)9(2)13(15)17-11/h6-7,10H,1-5H3/t10-,14-/m0/s1. The average Bonchev–Trinajstić information content (AvgIpc) is 2.89. The molecule has 0 amide bonds. The first kappa shape index (κ1) is 12.9. The second-order valence-corrected chi connectivity index (χ2v) is 4.86. The predicted molar refractivity (Wildman–Crippen MR) is 68.9 cm³/mol. The van der Waals surface area contributed by atoms with Crippen LogP contribution in [0, 0.1) is 6.92 Å². The third-order valence-corrected chi connectivity index (χ3v) is 3.43. The minimum atomic E-state index is -0.369. The highest BCUT2D eigenvalue weighted by Gasteiger charge is 2.46. The Labute approximate surface area is 106 Å². The van der Waals surface area contributed by atoms with Gasteiger partial charge in [0.05, 0.1) is 18.8 Å². The lowest BCUT2D eigenvalue weighted by atomic mass is 10.0. The quantitative estimate of drug-likeness (QED) is 0.773. The molecule has 1 aromatic heterocycles. The van der Waals surface area contributed by atoms with Crippen LogP contribution >= 0.6 is 0 Å². The van der Waals surface area contributed by atoms with Crippen molar-refractivity contribution in [3.05, 3.63) is 33.9 Å². The van der Waals surface area contributed by atoms with Crippen LogP contribution in [0.25, 0.3) is 5.57 Å². The van der Waals surface area contributed by atoms with E-state index < -0.39 is 0 Å². The molecule has 0 aromatic carbocycles. The van der Waals surface area contributed by atoms with Crippen LogP contribution in [0.5, 0.6) is 5.75 Å². The molecule has 1 fully saturated rings. The molecule has 0 N–H and O–H groups in total. The Hall–Kier alpha value is -1.55. The first-order valence-corrected chi connectivity index (χ1v) is 5.94. The fourth-order valence-electron chi connectivity index (χ4n) is 1.94. The molecule has 1 saturated heterocycles. The number of hydrogen-bond donors (Lipinski definition) is 0. The molecule has 0 saturated carbocycles. The fourth-order valence-corrected chi connectivity index (χ4v) is 1.94. The van der Waals surface area contributed by atoms with E-state index in [4.69, 9.17) is 13.9 Å². The van der Waals surface area contributed by atoms with Crippen molar-refractivity contribution in [2.75, 3.05) is 7.11 Å². The number of hydrogen-bond acceptors (Lipinski definition) is 4. The van der Waals surface area contributed by atoms with E-state index in [9.17, 15) is 4.79 Å². The predicted octanol–water partition coefficient (Wildman–Crippen LogP) is 2.54. The van der Waals surface area contributed by atoms with E-state index in [1.165, 1.54) is 7.11 Å². The second-order valence-electron chi connectivity index (χ2n) is 4.86. The van der Waals surface area contributed by atoms with Gasteiger partial charge in [-0.1, -0.05) is 0 Å². The molecule has 1 aromatic rings. The lowest BCUT2D eigenvalue weighted by Crippen LogP contribution is -2.08. The van der Waals surface area contributed by atoms with Crippen molar-refractivity contribution in [3.63, 3.8) is 0 Å². The maximum atomic E-state index is 11.7. The van der Waals surface area contributed by atoms with E-state index in [-0.39, 0.29) is 17.3 Å². The molecule has 2 atom stereocenters. The summed E-state index contributed by atoms with van der Waals surface area (Å²) in [4.78, 5) is 11.7. The monoisotopic (exact) mass is 250 g/mol. The second kappa shape index (κ2) is 4.28. The molecule has 1 aliphatic rings. The van der Waals surface area contributed by atoms with Crippen molar-refractivity contribution in [2.45, 2.75) is 39.4 Å². The molecule has 2 rings (SSSR count). The molecular formula is C14H18O4. The number of methoxy groups -OCH3 is 1. The van der Waals surface area contributed by atoms with Gasteiger partial charge >= 0.3 is 5.63 Å². The number of ether oxygens (including phenoxy) is 2. The van der Waals surface area contributed by atoms with E-state index in [2.05, 4.69) is 0 Å². The zero-order chi connectivity index (χ0) is 13.5. The molecule has 0 spiro atoms. The van der Waals surface area contributed by atoms with Crippen molar-refractivity contribution in [1.29, 1.82) is 0 Å². The van der Waals surface area contributed by atoms with Crippen LogP contribution in [0.1, 0.15) is 32.1 Å². The van der Waals surface area contributed by atoms with Gasteiger partial charge in [-0.25, -0.2) is 4.79 Å². The van der Waals surface area contributed by atoms with E-state index >= 15 is 0 Å². The molecule has 0 unspecified atom stereocenters. The fraction of sp³-hybridized carbons (Fsp3) is 0.500. The topological polar surface area (TPSA) is 52.0 Å². The summed E-state index contributed by atoms with van der Waals surface area (Å²) in [6, 6.07) is 1.74. The van der Waals surface area contributed by atoms with Gasteiger partial charge < -0.3 is 13.9 Å². The Morgan fingerprint density at radius 3 is 2.67 bits per heavy atom. The summed E-state index contributed by atoms with van der Waals surface area (Å²) >= 11 is 0. The van der Waals surface area contributed by atoms with Gasteiger partial charge in [-0.3, -0.25) is 0 Å². The SMILES string of the molecule is COc1cc(C(C)=C[C@]2(C)O[C@H]2C)oc(=O)c1C. The Bertz CT molecular complexity index is 555. The molecule has 0 bridgehead atoms. The number of epoxide rings is 1. The van der Waals surface area contributed by atoms with E-state index in [0.717, 1.165) is 5.57 Å². The van der Waals surface area contributed by atoms with Gasteiger partial charge in [0.25, 0.3) is 0 Å². The molecule has 0 aliphatic carbocycles. The van der Waals surface area contributed by atoms with Gasteiger partial charge in [0.15, 0.2) is 0 Å². The van der Waals surface area contributed by atoms with Crippen molar-refractivity contribution in [2.24, 2.45) is 0 Å².